The molecule has 4 N–H and O–H groups in total. The van der Waals surface area contributed by atoms with Crippen molar-refractivity contribution in [1.29, 1.82) is 0 Å². The van der Waals surface area contributed by atoms with Gasteiger partial charge in [-0.15, -0.1) is 0 Å². The summed E-state index contributed by atoms with van der Waals surface area (Å²) < 4.78 is 29.1. The van der Waals surface area contributed by atoms with E-state index < -0.39 is 40.6 Å². The van der Waals surface area contributed by atoms with Crippen LogP contribution in [-0.4, -0.2) is 38.6 Å². The SMILES string of the molecule is CC/C(=C\C(=O)O)[C@]12C[C@H]1[C@@](CF)(c1cc(NC(=O)c3ccc(Cl)cn3)ccc1F)N=C(N)S2. The normalized spacial score (nSPS) is 25.8. The van der Waals surface area contributed by atoms with Crippen molar-refractivity contribution < 1.29 is 23.5 Å². The number of pyridine rings is 1. The predicted octanol–water partition coefficient (Wildman–Crippen LogP) is 4.53. The van der Waals surface area contributed by atoms with Crippen LogP contribution < -0.4 is 11.1 Å². The summed E-state index contributed by atoms with van der Waals surface area (Å²) in [5.74, 6) is -2.88. The number of nitrogens with two attached hydrogens (primary N) is 1. The van der Waals surface area contributed by atoms with Crippen LogP contribution in [0, 0.1) is 11.7 Å². The molecule has 1 aliphatic heterocycles. The van der Waals surface area contributed by atoms with Crippen LogP contribution >= 0.6 is 23.4 Å². The molecule has 1 aromatic carbocycles. The monoisotopic (exact) mass is 506 g/mol. The van der Waals surface area contributed by atoms with Crippen LogP contribution in [0.25, 0.3) is 0 Å². The van der Waals surface area contributed by atoms with Crippen LogP contribution in [-0.2, 0) is 10.3 Å². The Morgan fingerprint density at radius 3 is 2.76 bits per heavy atom. The number of aromatic nitrogens is 1. The number of nitrogens with one attached hydrogen (secondary N) is 1. The summed E-state index contributed by atoms with van der Waals surface area (Å²) in [6, 6.07) is 6.77. The molecule has 0 spiro atoms. The molecule has 2 heterocycles. The van der Waals surface area contributed by atoms with Crippen molar-refractivity contribution in [3.05, 3.63) is 70.3 Å². The molecule has 2 aromatic rings. The third-order valence-corrected chi connectivity index (χ3v) is 7.76. The molecule has 0 bridgehead atoms. The number of carbonyl (C=O) groups is 2. The Kier molecular flexibility index (Phi) is 6.39. The summed E-state index contributed by atoms with van der Waals surface area (Å²) in [5, 5.41) is 12.3. The number of benzene rings is 1. The highest BCUT2D eigenvalue weighted by Gasteiger charge is 2.69. The van der Waals surface area contributed by atoms with Gasteiger partial charge in [-0.3, -0.25) is 4.79 Å². The molecule has 2 aliphatic rings. The summed E-state index contributed by atoms with van der Waals surface area (Å²) in [7, 11) is 0. The number of carbonyl (C=O) groups excluding carboxylic acids is 1. The van der Waals surface area contributed by atoms with E-state index >= 15 is 4.39 Å². The van der Waals surface area contributed by atoms with Crippen molar-refractivity contribution in [3.63, 3.8) is 0 Å². The molecule has 0 radical (unpaired) electrons. The van der Waals surface area contributed by atoms with E-state index in [2.05, 4.69) is 15.3 Å². The Labute approximate surface area is 203 Å². The van der Waals surface area contributed by atoms with Crippen LogP contribution in [0.5, 0.6) is 0 Å². The number of anilines is 1. The Hall–Kier alpha value is -2.98. The molecule has 34 heavy (non-hydrogen) atoms. The van der Waals surface area contributed by atoms with Crippen molar-refractivity contribution in [1.82, 2.24) is 4.98 Å². The molecule has 1 aliphatic carbocycles. The van der Waals surface area contributed by atoms with E-state index in [0.717, 1.165) is 12.1 Å². The van der Waals surface area contributed by atoms with Gasteiger partial charge in [-0.1, -0.05) is 30.3 Å². The Morgan fingerprint density at radius 1 is 1.38 bits per heavy atom. The highest BCUT2D eigenvalue weighted by Crippen LogP contribution is 2.69. The zero-order chi connectivity index (χ0) is 24.7. The number of carboxylic acid groups (broad SMARTS) is 1. The maximum atomic E-state index is 15.1. The standard InChI is InChI=1S/C23H21ClF2N4O3S/c1-2-12(7-19(31)32)23-9-18(23)22(11-25,30-21(27)34-23)15-8-14(4-5-16(15)26)29-20(33)17-6-3-13(24)10-28-17/h3-8,10,18H,2,9,11H2,1H3,(H2,27,30)(H,29,33)(H,31,32)/b12-7+/t18-,22+,23+/m0/s1. The molecule has 3 atom stereocenters. The van der Waals surface area contributed by atoms with Crippen LogP contribution in [0.15, 0.2) is 53.2 Å². The summed E-state index contributed by atoms with van der Waals surface area (Å²) in [6.07, 6.45) is 3.24. The zero-order valence-electron chi connectivity index (χ0n) is 18.0. The number of rotatable bonds is 7. The Bertz CT molecular complexity index is 1220. The molecule has 1 saturated carbocycles. The van der Waals surface area contributed by atoms with E-state index in [9.17, 15) is 19.1 Å². The molecule has 4 rings (SSSR count). The van der Waals surface area contributed by atoms with Gasteiger partial charge in [-0.2, -0.15) is 0 Å². The maximum Gasteiger partial charge on any atom is 0.328 e. The number of amides is 1. The minimum Gasteiger partial charge on any atom is -0.478 e. The summed E-state index contributed by atoms with van der Waals surface area (Å²) in [5.41, 5.74) is 5.27. The van der Waals surface area contributed by atoms with Crippen molar-refractivity contribution in [2.24, 2.45) is 16.6 Å². The molecular weight excluding hydrogens is 486 g/mol. The number of carboxylic acids is 1. The molecule has 7 nitrogen and oxygen atoms in total. The number of aliphatic imine (C=N–C) groups is 1. The highest BCUT2D eigenvalue weighted by molar-refractivity contribution is 8.15. The predicted molar refractivity (Wildman–Crippen MR) is 127 cm³/mol. The number of fused-ring (bicyclic) bond motifs is 1. The second kappa shape index (κ2) is 8.99. The number of aliphatic carboxylic acids is 1. The number of halogens is 3. The third-order valence-electron chi connectivity index (χ3n) is 6.16. The minimum atomic E-state index is -1.65. The first kappa shape index (κ1) is 24.2. The van der Waals surface area contributed by atoms with E-state index in [4.69, 9.17) is 17.3 Å². The summed E-state index contributed by atoms with van der Waals surface area (Å²) in [4.78, 5) is 32.2. The van der Waals surface area contributed by atoms with Gasteiger partial charge in [0.25, 0.3) is 5.91 Å². The average molecular weight is 507 g/mol. The fraction of sp³-hybridized carbons (Fsp3) is 0.304. The summed E-state index contributed by atoms with van der Waals surface area (Å²) >= 11 is 6.99. The number of hydrogen-bond acceptors (Lipinski definition) is 6. The van der Waals surface area contributed by atoms with Crippen molar-refractivity contribution in [2.75, 3.05) is 12.0 Å². The van der Waals surface area contributed by atoms with Crippen LogP contribution in [0.1, 0.15) is 35.8 Å². The first-order valence-electron chi connectivity index (χ1n) is 10.4. The second-order valence-electron chi connectivity index (χ2n) is 8.13. The molecule has 1 fully saturated rings. The smallest absolute Gasteiger partial charge is 0.328 e. The number of hydrogen-bond donors (Lipinski definition) is 3. The minimum absolute atomic E-state index is 0.0512. The lowest BCUT2D eigenvalue weighted by molar-refractivity contribution is -0.131. The van der Waals surface area contributed by atoms with Gasteiger partial charge in [0.1, 0.15) is 23.7 Å². The van der Waals surface area contributed by atoms with Crippen LogP contribution in [0.4, 0.5) is 14.5 Å². The number of nitrogens with zero attached hydrogens (tertiary/aromatic N) is 2. The molecule has 0 unspecified atom stereocenters. The maximum absolute atomic E-state index is 15.1. The third kappa shape index (κ3) is 4.16. The van der Waals surface area contributed by atoms with Crippen LogP contribution in [0.2, 0.25) is 5.02 Å². The first-order valence-corrected chi connectivity index (χ1v) is 11.6. The summed E-state index contributed by atoms with van der Waals surface area (Å²) in [6.45, 7) is 0.762. The van der Waals surface area contributed by atoms with Gasteiger partial charge in [0.15, 0.2) is 5.17 Å². The zero-order valence-corrected chi connectivity index (χ0v) is 19.6. The lowest BCUT2D eigenvalue weighted by Gasteiger charge is -2.36. The number of alkyl halides is 1. The van der Waals surface area contributed by atoms with Gasteiger partial charge in [0.2, 0.25) is 0 Å². The van der Waals surface area contributed by atoms with Crippen molar-refractivity contribution >= 4 is 46.1 Å². The molecular formula is C23H21ClF2N4O3S. The van der Waals surface area contributed by atoms with E-state index in [1.54, 1.807) is 6.92 Å². The van der Waals surface area contributed by atoms with Gasteiger partial charge >= 0.3 is 5.97 Å². The number of amidine groups is 1. The second-order valence-corrected chi connectivity index (χ2v) is 9.92. The molecule has 1 aromatic heterocycles. The van der Waals surface area contributed by atoms with Gasteiger partial charge in [-0.05, 0) is 48.7 Å². The Balaban J connectivity index is 1.72. The lowest BCUT2D eigenvalue weighted by Crippen LogP contribution is -2.40. The molecule has 11 heteroatoms. The van der Waals surface area contributed by atoms with Gasteiger partial charge in [-0.25, -0.2) is 23.6 Å². The van der Waals surface area contributed by atoms with E-state index in [-0.39, 0.29) is 22.1 Å². The van der Waals surface area contributed by atoms with Crippen molar-refractivity contribution in [3.8, 4) is 0 Å². The van der Waals surface area contributed by atoms with E-state index in [1.165, 1.54) is 42.2 Å². The largest absolute Gasteiger partial charge is 0.478 e. The Morgan fingerprint density at radius 2 is 2.15 bits per heavy atom. The van der Waals surface area contributed by atoms with Crippen LogP contribution in [0.3, 0.4) is 0 Å². The molecule has 0 saturated heterocycles. The lowest BCUT2D eigenvalue weighted by atomic mass is 9.83. The van der Waals surface area contributed by atoms with Gasteiger partial charge in [0.05, 0.1) is 9.77 Å². The van der Waals surface area contributed by atoms with Gasteiger partial charge < -0.3 is 16.2 Å². The first-order chi connectivity index (χ1) is 16.1. The fourth-order valence-electron chi connectivity index (χ4n) is 4.57. The van der Waals surface area contributed by atoms with Crippen molar-refractivity contribution in [2.45, 2.75) is 30.1 Å². The molecule has 178 valence electrons. The van der Waals surface area contributed by atoms with Gasteiger partial charge in [0, 0.05) is 29.4 Å². The average Bonchev–Trinajstić information content (AvgIpc) is 3.54. The van der Waals surface area contributed by atoms with E-state index in [1.807, 2.05) is 0 Å². The topological polar surface area (TPSA) is 118 Å². The highest BCUT2D eigenvalue weighted by atomic mass is 35.5. The fourth-order valence-corrected chi connectivity index (χ4v) is 6.19. The molecule has 1 amide bonds. The number of thioether (sulfide) groups is 1. The van der Waals surface area contributed by atoms with E-state index in [0.29, 0.717) is 23.4 Å². The quantitative estimate of drug-likeness (QED) is 0.475.